The van der Waals surface area contributed by atoms with Crippen molar-refractivity contribution in [3.63, 3.8) is 0 Å². The van der Waals surface area contributed by atoms with E-state index in [9.17, 15) is 4.79 Å². The van der Waals surface area contributed by atoms with Crippen molar-refractivity contribution in [2.45, 2.75) is 95.5 Å². The molecule has 0 saturated heterocycles. The van der Waals surface area contributed by atoms with Gasteiger partial charge in [0, 0.05) is 13.0 Å². The van der Waals surface area contributed by atoms with Crippen molar-refractivity contribution in [2.24, 2.45) is 0 Å². The first kappa shape index (κ1) is 33.2. The van der Waals surface area contributed by atoms with Crippen LogP contribution in [-0.2, 0) is 15.1 Å². The Bertz CT molecular complexity index is 1080. The molecule has 42 heavy (non-hydrogen) atoms. The Kier molecular flexibility index (Phi) is 15.0. The predicted molar refractivity (Wildman–Crippen MR) is 171 cm³/mol. The van der Waals surface area contributed by atoms with Gasteiger partial charge in [-0.25, -0.2) is 0 Å². The molecule has 5 nitrogen and oxygen atoms in total. The van der Waals surface area contributed by atoms with Crippen LogP contribution in [0.2, 0.25) is 0 Å². The summed E-state index contributed by atoms with van der Waals surface area (Å²) in [5, 5.41) is 8.70. The van der Waals surface area contributed by atoms with Crippen LogP contribution in [0.3, 0.4) is 0 Å². The Hall–Kier alpha value is -3.31. The van der Waals surface area contributed by atoms with Gasteiger partial charge in [0.2, 0.25) is 0 Å². The molecule has 0 unspecified atom stereocenters. The van der Waals surface area contributed by atoms with Crippen LogP contribution in [0.4, 0.5) is 0 Å². The summed E-state index contributed by atoms with van der Waals surface area (Å²) in [6.07, 6.45) is 15.7. The fourth-order valence-electron chi connectivity index (χ4n) is 5.62. The van der Waals surface area contributed by atoms with Gasteiger partial charge in [-0.2, -0.15) is 0 Å². The molecule has 0 radical (unpaired) electrons. The minimum absolute atomic E-state index is 0.311. The molecule has 0 aromatic heterocycles. The summed E-state index contributed by atoms with van der Waals surface area (Å²) < 4.78 is 17.8. The van der Waals surface area contributed by atoms with E-state index in [2.05, 4.69) is 48.5 Å². The second-order valence-electron chi connectivity index (χ2n) is 11.1. The Labute approximate surface area is 253 Å². The van der Waals surface area contributed by atoms with Gasteiger partial charge >= 0.3 is 5.97 Å². The molecule has 0 aliphatic heterocycles. The number of rotatable bonds is 22. The molecule has 0 amide bonds. The first-order valence-electron chi connectivity index (χ1n) is 15.8. The zero-order valence-corrected chi connectivity index (χ0v) is 25.7. The van der Waals surface area contributed by atoms with Crippen LogP contribution in [0, 0.1) is 0 Å². The van der Waals surface area contributed by atoms with Crippen LogP contribution >= 0.6 is 0 Å². The molecule has 0 bridgehead atoms. The highest BCUT2D eigenvalue weighted by atomic mass is 16.5. The van der Waals surface area contributed by atoms with Crippen LogP contribution in [0.15, 0.2) is 78.9 Å². The molecule has 228 valence electrons. The molecule has 0 fully saturated rings. The Balaban J connectivity index is 1.49. The van der Waals surface area contributed by atoms with Gasteiger partial charge in [0.1, 0.15) is 17.1 Å². The molecule has 0 spiro atoms. The van der Waals surface area contributed by atoms with Gasteiger partial charge in [-0.15, -0.1) is 0 Å². The van der Waals surface area contributed by atoms with Crippen molar-refractivity contribution in [1.82, 2.24) is 0 Å². The third kappa shape index (κ3) is 10.5. The maximum atomic E-state index is 10.6. The van der Waals surface area contributed by atoms with Crippen LogP contribution in [0.5, 0.6) is 11.5 Å². The van der Waals surface area contributed by atoms with Crippen molar-refractivity contribution in [3.8, 4) is 11.5 Å². The van der Waals surface area contributed by atoms with Gasteiger partial charge in [-0.3, -0.25) is 4.79 Å². The number of unbranched alkanes of at least 4 members (excludes halogenated alkanes) is 12. The first-order chi connectivity index (χ1) is 20.6. The molecule has 1 N–H and O–H groups in total. The number of carboxylic acid groups (broad SMARTS) is 1. The highest BCUT2D eigenvalue weighted by molar-refractivity contribution is 5.66. The highest BCUT2D eigenvalue weighted by Crippen LogP contribution is 2.41. The van der Waals surface area contributed by atoms with Gasteiger partial charge in [-0.1, -0.05) is 125 Å². The summed E-state index contributed by atoms with van der Waals surface area (Å²) in [5.74, 6) is 0.969. The van der Waals surface area contributed by atoms with E-state index in [-0.39, 0.29) is 0 Å². The second kappa shape index (κ2) is 19.0. The molecule has 0 heterocycles. The molecule has 0 saturated carbocycles. The summed E-state index contributed by atoms with van der Waals surface area (Å²) in [5.41, 5.74) is 2.50. The van der Waals surface area contributed by atoms with Gasteiger partial charge in [0.05, 0.1) is 14.2 Å². The summed E-state index contributed by atoms with van der Waals surface area (Å²) in [7, 11) is 3.38. The minimum atomic E-state index is -0.740. The maximum absolute atomic E-state index is 10.6. The van der Waals surface area contributed by atoms with E-state index < -0.39 is 11.6 Å². The van der Waals surface area contributed by atoms with E-state index in [1.54, 1.807) is 14.2 Å². The number of hydrogen-bond acceptors (Lipinski definition) is 4. The predicted octanol–water partition coefficient (Wildman–Crippen LogP) is 9.56. The lowest BCUT2D eigenvalue weighted by molar-refractivity contribution is -0.137. The lowest BCUT2D eigenvalue weighted by Crippen LogP contribution is -2.33. The monoisotopic (exact) mass is 574 g/mol. The van der Waals surface area contributed by atoms with Gasteiger partial charge in [0.15, 0.2) is 0 Å². The van der Waals surface area contributed by atoms with Crippen molar-refractivity contribution >= 4 is 5.97 Å². The third-order valence-corrected chi connectivity index (χ3v) is 8.03. The zero-order chi connectivity index (χ0) is 29.9. The number of methoxy groups -OCH3 is 2. The van der Waals surface area contributed by atoms with Crippen LogP contribution in [-0.4, -0.2) is 31.9 Å². The number of ether oxygens (including phenoxy) is 3. The van der Waals surface area contributed by atoms with E-state index in [0.29, 0.717) is 13.0 Å². The largest absolute Gasteiger partial charge is 0.497 e. The third-order valence-electron chi connectivity index (χ3n) is 8.03. The van der Waals surface area contributed by atoms with Crippen molar-refractivity contribution in [3.05, 3.63) is 95.6 Å². The van der Waals surface area contributed by atoms with Crippen molar-refractivity contribution in [2.75, 3.05) is 20.8 Å². The summed E-state index contributed by atoms with van der Waals surface area (Å²) in [6.45, 7) is 0.666. The summed E-state index contributed by atoms with van der Waals surface area (Å²) in [6, 6.07) is 26.9. The van der Waals surface area contributed by atoms with Gasteiger partial charge in [-0.05, 0) is 53.8 Å². The number of carboxylic acids is 1. The Morgan fingerprint density at radius 3 is 1.33 bits per heavy atom. The smallest absolute Gasteiger partial charge is 0.303 e. The van der Waals surface area contributed by atoms with E-state index in [4.69, 9.17) is 19.3 Å². The van der Waals surface area contributed by atoms with E-state index in [0.717, 1.165) is 60.3 Å². The fourth-order valence-corrected chi connectivity index (χ4v) is 5.62. The van der Waals surface area contributed by atoms with Crippen LogP contribution < -0.4 is 9.47 Å². The quantitative estimate of drug-likeness (QED) is 0.0956. The van der Waals surface area contributed by atoms with Crippen molar-refractivity contribution < 1.29 is 24.1 Å². The van der Waals surface area contributed by atoms with Crippen molar-refractivity contribution in [1.29, 1.82) is 0 Å². The minimum Gasteiger partial charge on any atom is -0.497 e. The lowest BCUT2D eigenvalue weighted by Gasteiger charge is -2.36. The number of benzene rings is 3. The average molecular weight is 575 g/mol. The van der Waals surface area contributed by atoms with E-state index in [1.807, 2.05) is 30.3 Å². The van der Waals surface area contributed by atoms with E-state index >= 15 is 0 Å². The van der Waals surface area contributed by atoms with E-state index in [1.165, 1.54) is 51.4 Å². The number of carbonyl (C=O) groups is 1. The summed E-state index contributed by atoms with van der Waals surface area (Å²) >= 11 is 0. The lowest BCUT2D eigenvalue weighted by atomic mass is 9.80. The molecular weight excluding hydrogens is 524 g/mol. The Morgan fingerprint density at radius 1 is 0.548 bits per heavy atom. The normalized spacial score (nSPS) is 11.4. The molecule has 0 aliphatic rings. The maximum Gasteiger partial charge on any atom is 0.303 e. The zero-order valence-electron chi connectivity index (χ0n) is 25.7. The number of hydrogen-bond donors (Lipinski definition) is 1. The highest BCUT2D eigenvalue weighted by Gasteiger charge is 2.37. The van der Waals surface area contributed by atoms with Gasteiger partial charge in [0.25, 0.3) is 0 Å². The Morgan fingerprint density at radius 2 is 0.929 bits per heavy atom. The molecule has 3 aromatic rings. The molecule has 3 rings (SSSR count). The topological polar surface area (TPSA) is 65.0 Å². The standard InChI is InChI=1S/C37H50O5/c1-40-34-26-22-32(23-27-34)37(31-19-15-14-16-20-31,33-24-28-35(41-2)29-25-33)42-30-18-13-11-9-7-5-3-4-6-8-10-12-17-21-36(38)39/h14-16,19-20,22-29H,3-13,17-18,21,30H2,1-2H3,(H,38,39). The summed E-state index contributed by atoms with van der Waals surface area (Å²) in [4.78, 5) is 10.6. The van der Waals surface area contributed by atoms with Crippen LogP contribution in [0.25, 0.3) is 0 Å². The molecule has 5 heteroatoms. The molecule has 0 atom stereocenters. The fraction of sp³-hybridized carbons (Fsp3) is 0.486. The van der Waals surface area contributed by atoms with Crippen LogP contribution in [0.1, 0.15) is 107 Å². The number of aliphatic carboxylic acids is 1. The molecule has 3 aromatic carbocycles. The molecular formula is C37H50O5. The molecule has 0 aliphatic carbocycles. The van der Waals surface area contributed by atoms with Gasteiger partial charge < -0.3 is 19.3 Å². The SMILES string of the molecule is COc1ccc(C(OCCCCCCCCCCCCCCCC(=O)O)(c2ccccc2)c2ccc(OC)cc2)cc1. The second-order valence-corrected chi connectivity index (χ2v) is 11.1. The first-order valence-corrected chi connectivity index (χ1v) is 15.8. The average Bonchev–Trinajstić information content (AvgIpc) is 3.03.